The Labute approximate surface area is 126 Å². The van der Waals surface area contributed by atoms with Gasteiger partial charge in [-0.3, -0.25) is 4.68 Å². The Balaban J connectivity index is 1.97. The lowest BCUT2D eigenvalue weighted by atomic mass is 10.3. The summed E-state index contributed by atoms with van der Waals surface area (Å²) in [4.78, 5) is 1.15. The van der Waals surface area contributed by atoms with E-state index >= 15 is 0 Å². The molecule has 1 heterocycles. The third kappa shape index (κ3) is 4.09. The van der Waals surface area contributed by atoms with E-state index in [1.165, 1.54) is 0 Å². The molecule has 2 aromatic rings. The number of aliphatic hydroxyl groups is 1. The van der Waals surface area contributed by atoms with Crippen molar-refractivity contribution in [2.75, 3.05) is 5.75 Å². The fraction of sp³-hybridized carbons (Fsp3) is 0.357. The predicted molar refractivity (Wildman–Crippen MR) is 82.3 cm³/mol. The summed E-state index contributed by atoms with van der Waals surface area (Å²) in [7, 11) is 0. The van der Waals surface area contributed by atoms with Crippen LogP contribution in [0.5, 0.6) is 0 Å². The van der Waals surface area contributed by atoms with Crippen LogP contribution in [0.3, 0.4) is 0 Å². The number of benzene rings is 1. The summed E-state index contributed by atoms with van der Waals surface area (Å²) in [5.74, 6) is 0.631. The van der Waals surface area contributed by atoms with Crippen molar-refractivity contribution in [2.24, 2.45) is 0 Å². The molecular weight excluding hydrogens is 324 g/mol. The fourth-order valence-corrected chi connectivity index (χ4v) is 3.30. The number of thioether (sulfide) groups is 1. The van der Waals surface area contributed by atoms with Gasteiger partial charge in [0.05, 0.1) is 5.69 Å². The second-order valence-corrected chi connectivity index (χ2v) is 6.27. The Kier molecular flexibility index (Phi) is 5.48. The number of nitrogens with zero attached hydrogens (tertiary/aromatic N) is 2. The maximum atomic E-state index is 10.3. The average molecular weight is 341 g/mol. The summed E-state index contributed by atoms with van der Waals surface area (Å²) in [5.41, 5.74) is 0.893. The molecule has 5 heteroatoms. The average Bonchev–Trinajstić information content (AvgIpc) is 2.85. The highest BCUT2D eigenvalue weighted by atomic mass is 79.9. The van der Waals surface area contributed by atoms with E-state index in [9.17, 15) is 5.11 Å². The van der Waals surface area contributed by atoms with Crippen LogP contribution in [0.1, 0.15) is 25.1 Å². The number of aromatic nitrogens is 2. The molecule has 102 valence electrons. The van der Waals surface area contributed by atoms with Gasteiger partial charge in [-0.1, -0.05) is 28.9 Å². The lowest BCUT2D eigenvalue weighted by Crippen LogP contribution is -2.10. The first-order valence-electron chi connectivity index (χ1n) is 6.29. The normalized spacial score (nSPS) is 12.6. The van der Waals surface area contributed by atoms with Crippen molar-refractivity contribution < 1.29 is 5.11 Å². The zero-order valence-electron chi connectivity index (χ0n) is 10.8. The maximum Gasteiger partial charge on any atom is 0.105 e. The second-order valence-electron chi connectivity index (χ2n) is 4.26. The van der Waals surface area contributed by atoms with Crippen LogP contribution in [0.2, 0.25) is 0 Å². The van der Waals surface area contributed by atoms with E-state index in [2.05, 4.69) is 34.0 Å². The first-order valence-corrected chi connectivity index (χ1v) is 8.06. The molecule has 1 aromatic carbocycles. The highest BCUT2D eigenvalue weighted by Crippen LogP contribution is 2.26. The van der Waals surface area contributed by atoms with Crippen molar-refractivity contribution >= 4 is 27.7 Å². The first kappa shape index (κ1) is 14.6. The van der Waals surface area contributed by atoms with Gasteiger partial charge in [-0.15, -0.1) is 11.8 Å². The molecule has 2 rings (SSSR count). The number of rotatable bonds is 6. The summed E-state index contributed by atoms with van der Waals surface area (Å²) < 4.78 is 2.94. The molecule has 0 radical (unpaired) electrons. The van der Waals surface area contributed by atoms with Crippen LogP contribution < -0.4 is 0 Å². The minimum atomic E-state index is -0.488. The van der Waals surface area contributed by atoms with Gasteiger partial charge in [-0.2, -0.15) is 5.10 Å². The van der Waals surface area contributed by atoms with E-state index in [0.29, 0.717) is 5.75 Å². The standard InChI is InChI=1S/C14H17BrN2OS/c1-2-8-17-13(6-7-16-17)14(18)10-19-12-5-3-4-11(15)9-12/h3-7,9,14,18H,2,8,10H2,1H3. The molecule has 19 heavy (non-hydrogen) atoms. The molecule has 0 spiro atoms. The summed E-state index contributed by atoms with van der Waals surface area (Å²) in [6.45, 7) is 2.95. The predicted octanol–water partition coefficient (Wildman–Crippen LogP) is 3.88. The number of aryl methyl sites for hydroxylation is 1. The first-order chi connectivity index (χ1) is 9.20. The molecule has 0 fully saturated rings. The van der Waals surface area contributed by atoms with Gasteiger partial charge in [0.2, 0.25) is 0 Å². The third-order valence-corrected chi connectivity index (χ3v) is 4.29. The number of hydrogen-bond donors (Lipinski definition) is 1. The monoisotopic (exact) mass is 340 g/mol. The van der Waals surface area contributed by atoms with E-state index in [4.69, 9.17) is 0 Å². The molecule has 0 aliphatic carbocycles. The van der Waals surface area contributed by atoms with E-state index in [-0.39, 0.29) is 0 Å². The molecule has 0 saturated carbocycles. The van der Waals surface area contributed by atoms with E-state index in [1.807, 2.05) is 28.9 Å². The van der Waals surface area contributed by atoms with Gasteiger partial charge in [-0.25, -0.2) is 0 Å². The van der Waals surface area contributed by atoms with Gasteiger partial charge < -0.3 is 5.11 Å². The zero-order valence-corrected chi connectivity index (χ0v) is 13.2. The van der Waals surface area contributed by atoms with Crippen molar-refractivity contribution in [3.8, 4) is 0 Å². The third-order valence-electron chi connectivity index (χ3n) is 2.73. The number of halogens is 1. The molecule has 0 aliphatic rings. The smallest absolute Gasteiger partial charge is 0.105 e. The topological polar surface area (TPSA) is 38.0 Å². The minimum absolute atomic E-state index is 0.488. The molecule has 0 bridgehead atoms. The Morgan fingerprint density at radius 1 is 1.42 bits per heavy atom. The SMILES string of the molecule is CCCn1nccc1C(O)CSc1cccc(Br)c1. The molecule has 0 aliphatic heterocycles. The van der Waals surface area contributed by atoms with Crippen molar-refractivity contribution in [3.05, 3.63) is 46.7 Å². The van der Waals surface area contributed by atoms with Crippen LogP contribution in [0, 0.1) is 0 Å². The molecule has 1 aromatic heterocycles. The largest absolute Gasteiger partial charge is 0.386 e. The Morgan fingerprint density at radius 3 is 3.00 bits per heavy atom. The number of hydrogen-bond acceptors (Lipinski definition) is 3. The molecule has 1 unspecified atom stereocenters. The lowest BCUT2D eigenvalue weighted by molar-refractivity contribution is 0.191. The molecule has 3 nitrogen and oxygen atoms in total. The van der Waals surface area contributed by atoms with Gasteiger partial charge in [-0.05, 0) is 30.7 Å². The summed E-state index contributed by atoms with van der Waals surface area (Å²) in [6, 6.07) is 9.99. The Hall–Kier alpha value is -0.780. The van der Waals surface area contributed by atoms with E-state index in [0.717, 1.165) is 28.0 Å². The quantitative estimate of drug-likeness (QED) is 0.811. The Morgan fingerprint density at radius 2 is 2.26 bits per heavy atom. The van der Waals surface area contributed by atoms with E-state index in [1.54, 1.807) is 18.0 Å². The summed E-state index contributed by atoms with van der Waals surface area (Å²) in [5, 5.41) is 14.5. The minimum Gasteiger partial charge on any atom is -0.386 e. The van der Waals surface area contributed by atoms with Gasteiger partial charge in [0, 0.05) is 27.9 Å². The highest BCUT2D eigenvalue weighted by Gasteiger charge is 2.13. The van der Waals surface area contributed by atoms with Crippen molar-refractivity contribution in [3.63, 3.8) is 0 Å². The van der Waals surface area contributed by atoms with Crippen LogP contribution >= 0.6 is 27.7 Å². The number of aliphatic hydroxyl groups excluding tert-OH is 1. The molecule has 1 N–H and O–H groups in total. The van der Waals surface area contributed by atoms with Crippen LogP contribution in [0.15, 0.2) is 45.9 Å². The molecule has 0 amide bonds. The van der Waals surface area contributed by atoms with Crippen LogP contribution in [0.25, 0.3) is 0 Å². The van der Waals surface area contributed by atoms with Crippen LogP contribution in [-0.4, -0.2) is 20.6 Å². The van der Waals surface area contributed by atoms with Crippen LogP contribution in [-0.2, 0) is 6.54 Å². The van der Waals surface area contributed by atoms with Crippen LogP contribution in [0.4, 0.5) is 0 Å². The summed E-state index contributed by atoms with van der Waals surface area (Å²) in [6.07, 6.45) is 2.27. The molecular formula is C14H17BrN2OS. The highest BCUT2D eigenvalue weighted by molar-refractivity contribution is 9.10. The van der Waals surface area contributed by atoms with Gasteiger partial charge in [0.15, 0.2) is 0 Å². The molecule has 1 atom stereocenters. The van der Waals surface area contributed by atoms with Crippen molar-refractivity contribution in [1.29, 1.82) is 0 Å². The lowest BCUT2D eigenvalue weighted by Gasteiger charge is -2.12. The van der Waals surface area contributed by atoms with E-state index < -0.39 is 6.10 Å². The summed E-state index contributed by atoms with van der Waals surface area (Å²) >= 11 is 5.10. The van der Waals surface area contributed by atoms with Crippen molar-refractivity contribution in [1.82, 2.24) is 9.78 Å². The van der Waals surface area contributed by atoms with Crippen molar-refractivity contribution in [2.45, 2.75) is 30.9 Å². The zero-order chi connectivity index (χ0) is 13.7. The fourth-order valence-electron chi connectivity index (χ4n) is 1.84. The van der Waals surface area contributed by atoms with Gasteiger partial charge in [0.25, 0.3) is 0 Å². The van der Waals surface area contributed by atoms with Gasteiger partial charge >= 0.3 is 0 Å². The van der Waals surface area contributed by atoms with Gasteiger partial charge in [0.1, 0.15) is 6.10 Å². The Bertz CT molecular complexity index is 530. The maximum absolute atomic E-state index is 10.3. The second kappa shape index (κ2) is 7.12. The molecule has 0 saturated heterocycles.